The molecule has 176 valence electrons. The molecule has 3 nitrogen and oxygen atoms in total. The number of nitrogens with zero attached hydrogens (tertiary/aromatic N) is 1. The Bertz CT molecular complexity index is 1180. The van der Waals surface area contributed by atoms with E-state index in [4.69, 9.17) is 10.00 Å². The van der Waals surface area contributed by atoms with Gasteiger partial charge in [0.05, 0.1) is 30.4 Å². The largest absolute Gasteiger partial charge is 0.416 e. The first-order chi connectivity index (χ1) is 16.3. The Kier molecular flexibility index (Phi) is 7.42. The predicted octanol–water partition coefficient (Wildman–Crippen LogP) is 6.84. The van der Waals surface area contributed by atoms with Gasteiger partial charge in [0, 0.05) is 9.89 Å². The third-order valence-electron chi connectivity index (χ3n) is 6.31. The molecule has 7 heteroatoms. The summed E-state index contributed by atoms with van der Waals surface area (Å²) in [5.41, 5.74) is 2.26. The van der Waals surface area contributed by atoms with Gasteiger partial charge in [-0.2, -0.15) is 18.4 Å². The first kappa shape index (κ1) is 24.5. The Morgan fingerprint density at radius 1 is 0.971 bits per heavy atom. The first-order valence-corrected chi connectivity index (χ1v) is 11.8. The molecule has 0 aliphatic carbocycles. The highest BCUT2D eigenvalue weighted by molar-refractivity contribution is 9.10. The maximum atomic E-state index is 13.6. The molecule has 1 N–H and O–H groups in total. The van der Waals surface area contributed by atoms with Gasteiger partial charge >= 0.3 is 6.18 Å². The molecule has 1 fully saturated rings. The Morgan fingerprint density at radius 3 is 2.35 bits per heavy atom. The van der Waals surface area contributed by atoms with E-state index in [-0.39, 0.29) is 12.0 Å². The van der Waals surface area contributed by atoms with E-state index in [0.717, 1.165) is 42.5 Å². The smallest absolute Gasteiger partial charge is 0.376 e. The van der Waals surface area contributed by atoms with Crippen molar-refractivity contribution in [2.24, 2.45) is 0 Å². The van der Waals surface area contributed by atoms with E-state index in [1.165, 1.54) is 5.56 Å². The number of rotatable bonds is 6. The lowest BCUT2D eigenvalue weighted by Gasteiger charge is -2.38. The fourth-order valence-electron chi connectivity index (χ4n) is 4.45. The number of hydrogen-bond acceptors (Lipinski definition) is 3. The molecule has 1 aliphatic heterocycles. The summed E-state index contributed by atoms with van der Waals surface area (Å²) in [5, 5.41) is 12.4. The average molecular weight is 529 g/mol. The molecule has 1 heterocycles. The lowest BCUT2D eigenvalue weighted by atomic mass is 9.74. The Labute approximate surface area is 205 Å². The van der Waals surface area contributed by atoms with Crippen LogP contribution in [0.3, 0.4) is 0 Å². The highest BCUT2D eigenvalue weighted by atomic mass is 79.9. The number of halogens is 4. The van der Waals surface area contributed by atoms with E-state index in [9.17, 15) is 13.2 Å². The molecule has 0 spiro atoms. The van der Waals surface area contributed by atoms with Gasteiger partial charge in [0.15, 0.2) is 0 Å². The van der Waals surface area contributed by atoms with Crippen LogP contribution in [-0.4, -0.2) is 19.7 Å². The molecule has 3 aromatic rings. The van der Waals surface area contributed by atoms with Gasteiger partial charge in [0.2, 0.25) is 0 Å². The molecule has 0 radical (unpaired) electrons. The molecule has 0 atom stereocenters. The van der Waals surface area contributed by atoms with Crippen molar-refractivity contribution in [3.05, 3.63) is 93.5 Å². The van der Waals surface area contributed by atoms with E-state index in [1.54, 1.807) is 30.3 Å². The second kappa shape index (κ2) is 10.3. The van der Waals surface area contributed by atoms with Crippen LogP contribution in [0.1, 0.15) is 35.1 Å². The molecule has 0 bridgehead atoms. The van der Waals surface area contributed by atoms with Crippen molar-refractivity contribution in [1.29, 1.82) is 5.26 Å². The highest BCUT2D eigenvalue weighted by Gasteiger charge is 2.35. The Hall–Kier alpha value is -2.66. The normalized spacial score (nSPS) is 15.6. The molecule has 1 aliphatic rings. The van der Waals surface area contributed by atoms with Crippen molar-refractivity contribution in [1.82, 2.24) is 5.32 Å². The van der Waals surface area contributed by atoms with Gasteiger partial charge in [0.25, 0.3) is 0 Å². The van der Waals surface area contributed by atoms with Crippen LogP contribution in [0.25, 0.3) is 11.1 Å². The van der Waals surface area contributed by atoms with Crippen LogP contribution in [0.15, 0.2) is 71.2 Å². The lowest BCUT2D eigenvalue weighted by Crippen LogP contribution is -2.43. The van der Waals surface area contributed by atoms with Crippen LogP contribution >= 0.6 is 15.9 Å². The first-order valence-electron chi connectivity index (χ1n) is 11.1. The van der Waals surface area contributed by atoms with E-state index in [0.29, 0.717) is 28.9 Å². The molecular weight excluding hydrogens is 505 g/mol. The van der Waals surface area contributed by atoms with E-state index >= 15 is 0 Å². The van der Waals surface area contributed by atoms with Crippen molar-refractivity contribution in [2.45, 2.75) is 31.0 Å². The summed E-state index contributed by atoms with van der Waals surface area (Å²) < 4.78 is 48.0. The quantitative estimate of drug-likeness (QED) is 0.380. The predicted molar refractivity (Wildman–Crippen MR) is 129 cm³/mol. The summed E-state index contributed by atoms with van der Waals surface area (Å²) in [7, 11) is 0. The second-order valence-electron chi connectivity index (χ2n) is 8.64. The Balaban J connectivity index is 1.58. The molecule has 0 unspecified atom stereocenters. The van der Waals surface area contributed by atoms with Gasteiger partial charge in [-0.15, -0.1) is 0 Å². The van der Waals surface area contributed by atoms with Crippen LogP contribution in [0, 0.1) is 11.3 Å². The molecule has 4 rings (SSSR count). The molecule has 1 saturated heterocycles. The summed E-state index contributed by atoms with van der Waals surface area (Å²) in [5.74, 6) is 0. The van der Waals surface area contributed by atoms with E-state index in [1.807, 2.05) is 18.2 Å². The standard InChI is InChI=1S/C27H24BrF3N2O/c28-25-3-1-2-23(15-25)26(8-10-33-11-9-26)18-34-17-20-12-22(14-24(13-20)27(29,30)31)21-6-4-19(16-32)5-7-21/h1-7,12-15,33H,8-11,17-18H2. The van der Waals surface area contributed by atoms with Gasteiger partial charge in [-0.3, -0.25) is 0 Å². The highest BCUT2D eigenvalue weighted by Crippen LogP contribution is 2.37. The fraction of sp³-hybridized carbons (Fsp3) is 0.296. The number of nitriles is 1. The number of alkyl halides is 3. The van der Waals surface area contributed by atoms with Crippen molar-refractivity contribution >= 4 is 15.9 Å². The lowest BCUT2D eigenvalue weighted by molar-refractivity contribution is -0.137. The molecule has 0 aromatic heterocycles. The van der Waals surface area contributed by atoms with Crippen LogP contribution in [0.4, 0.5) is 13.2 Å². The number of benzene rings is 3. The van der Waals surface area contributed by atoms with Crippen LogP contribution in [-0.2, 0) is 22.9 Å². The van der Waals surface area contributed by atoms with Crippen LogP contribution in [0.5, 0.6) is 0 Å². The van der Waals surface area contributed by atoms with Crippen LogP contribution < -0.4 is 5.32 Å². The van der Waals surface area contributed by atoms with E-state index < -0.39 is 11.7 Å². The zero-order valence-electron chi connectivity index (χ0n) is 18.5. The van der Waals surface area contributed by atoms with Crippen molar-refractivity contribution in [2.75, 3.05) is 19.7 Å². The monoisotopic (exact) mass is 528 g/mol. The van der Waals surface area contributed by atoms with Crippen molar-refractivity contribution in [3.8, 4) is 17.2 Å². The van der Waals surface area contributed by atoms with Gasteiger partial charge in [-0.05, 0) is 90.6 Å². The third-order valence-corrected chi connectivity index (χ3v) is 6.81. The molecule has 0 amide bonds. The maximum absolute atomic E-state index is 13.6. The third kappa shape index (κ3) is 5.69. The average Bonchev–Trinajstić information content (AvgIpc) is 2.84. The maximum Gasteiger partial charge on any atom is 0.416 e. The minimum absolute atomic E-state index is 0.0797. The minimum Gasteiger partial charge on any atom is -0.376 e. The second-order valence-corrected chi connectivity index (χ2v) is 9.55. The van der Waals surface area contributed by atoms with Gasteiger partial charge < -0.3 is 10.1 Å². The topological polar surface area (TPSA) is 45.0 Å². The molecular formula is C27H24BrF3N2O. The van der Waals surface area contributed by atoms with Crippen molar-refractivity contribution in [3.63, 3.8) is 0 Å². The minimum atomic E-state index is -4.47. The fourth-order valence-corrected chi connectivity index (χ4v) is 4.85. The number of ether oxygens (including phenoxy) is 1. The summed E-state index contributed by atoms with van der Waals surface area (Å²) in [4.78, 5) is 0. The van der Waals surface area contributed by atoms with Crippen molar-refractivity contribution < 1.29 is 17.9 Å². The summed E-state index contributed by atoms with van der Waals surface area (Å²) >= 11 is 3.54. The molecule has 3 aromatic carbocycles. The Morgan fingerprint density at radius 2 is 1.71 bits per heavy atom. The molecule has 34 heavy (non-hydrogen) atoms. The zero-order chi connectivity index (χ0) is 24.2. The summed E-state index contributed by atoms with van der Waals surface area (Å²) in [6.45, 7) is 2.23. The SMILES string of the molecule is N#Cc1ccc(-c2cc(COCC3(c4cccc(Br)c4)CCNCC3)cc(C(F)(F)F)c2)cc1. The zero-order valence-corrected chi connectivity index (χ0v) is 20.0. The van der Waals surface area contributed by atoms with Gasteiger partial charge in [-0.1, -0.05) is 40.2 Å². The van der Waals surface area contributed by atoms with E-state index in [2.05, 4.69) is 33.4 Å². The summed E-state index contributed by atoms with van der Waals surface area (Å²) in [6, 6.07) is 20.7. The number of hydrogen-bond donors (Lipinski definition) is 1. The van der Waals surface area contributed by atoms with Gasteiger partial charge in [-0.25, -0.2) is 0 Å². The van der Waals surface area contributed by atoms with Gasteiger partial charge in [0.1, 0.15) is 0 Å². The number of nitrogens with one attached hydrogen (secondary N) is 1. The van der Waals surface area contributed by atoms with Crippen LogP contribution in [0.2, 0.25) is 0 Å². The number of piperidine rings is 1. The summed E-state index contributed by atoms with van der Waals surface area (Å²) in [6.07, 6.45) is -2.69. The molecule has 0 saturated carbocycles.